The topological polar surface area (TPSA) is 42.5 Å². The first kappa shape index (κ1) is 38.8. The molecule has 4 heteroatoms. The zero-order valence-electron chi connectivity index (χ0n) is 36.0. The van der Waals surface area contributed by atoms with Crippen LogP contribution in [0.2, 0.25) is 0 Å². The van der Waals surface area contributed by atoms with Crippen LogP contribution in [0.3, 0.4) is 0 Å². The molecule has 0 unspecified atom stereocenters. The van der Waals surface area contributed by atoms with Crippen molar-refractivity contribution in [2.75, 3.05) is 0 Å². The van der Waals surface area contributed by atoms with E-state index in [4.69, 9.17) is 15.0 Å². The van der Waals surface area contributed by atoms with E-state index in [0.717, 1.165) is 55.8 Å². The van der Waals surface area contributed by atoms with Gasteiger partial charge in [-0.15, -0.1) is 0 Å². The lowest BCUT2D eigenvalue weighted by Gasteiger charge is -2.11. The normalized spacial score (nSPS) is 11.3. The maximum atomic E-state index is 5.11. The molecule has 0 amide bonds. The largest absolute Gasteiger partial charge is 0.219 e. The summed E-state index contributed by atoms with van der Waals surface area (Å²) in [5.41, 5.74) is 14.2. The Labute approximate surface area is 383 Å². The van der Waals surface area contributed by atoms with Gasteiger partial charge in [0.25, 0.3) is 0 Å². The maximum Gasteiger partial charge on any atom is 0.219 e. The monoisotopic (exact) mass is 841 g/mol. The van der Waals surface area contributed by atoms with Crippen LogP contribution in [0.15, 0.2) is 249 Å². The molecular formula is C62H41N4+. The van der Waals surface area contributed by atoms with Gasteiger partial charge in [0.15, 0.2) is 23.7 Å². The van der Waals surface area contributed by atoms with Crippen molar-refractivity contribution in [2.45, 2.75) is 0 Å². The summed E-state index contributed by atoms with van der Waals surface area (Å²) in [6.45, 7) is 0. The van der Waals surface area contributed by atoms with Gasteiger partial charge in [0.05, 0.1) is 10.8 Å². The fraction of sp³-hybridized carbons (Fsp3) is 0. The molecule has 0 saturated heterocycles. The van der Waals surface area contributed by atoms with Gasteiger partial charge in [-0.2, -0.15) is 4.57 Å². The van der Waals surface area contributed by atoms with E-state index in [1.165, 1.54) is 43.6 Å². The van der Waals surface area contributed by atoms with Crippen LogP contribution in [0, 0.1) is 0 Å². The minimum atomic E-state index is 0.623. The third-order valence-corrected chi connectivity index (χ3v) is 12.6. The Morgan fingerprint density at radius 2 is 0.652 bits per heavy atom. The molecule has 0 aliphatic rings. The summed E-state index contributed by atoms with van der Waals surface area (Å²) in [4.78, 5) is 15.3. The van der Waals surface area contributed by atoms with Crippen LogP contribution < -0.4 is 4.57 Å². The molecule has 4 nitrogen and oxygen atoms in total. The van der Waals surface area contributed by atoms with Crippen molar-refractivity contribution in [1.29, 1.82) is 0 Å². The number of aromatic nitrogens is 4. The van der Waals surface area contributed by atoms with Gasteiger partial charge >= 0.3 is 0 Å². The average Bonchev–Trinajstić information content (AvgIpc) is 3.41. The number of pyridine rings is 1. The van der Waals surface area contributed by atoms with Crippen molar-refractivity contribution < 1.29 is 4.57 Å². The van der Waals surface area contributed by atoms with E-state index < -0.39 is 0 Å². The van der Waals surface area contributed by atoms with Crippen LogP contribution in [0.25, 0.3) is 117 Å². The Balaban J connectivity index is 0.859. The Morgan fingerprint density at radius 1 is 0.242 bits per heavy atom. The van der Waals surface area contributed by atoms with Crippen LogP contribution >= 0.6 is 0 Å². The van der Waals surface area contributed by atoms with Gasteiger partial charge in [0, 0.05) is 40.3 Å². The average molecular weight is 842 g/mol. The zero-order valence-corrected chi connectivity index (χ0v) is 36.0. The molecule has 0 spiro atoms. The molecule has 308 valence electrons. The highest BCUT2D eigenvalue weighted by atomic mass is 15.0. The highest BCUT2D eigenvalue weighted by Crippen LogP contribution is 2.33. The van der Waals surface area contributed by atoms with Crippen LogP contribution in [-0.4, -0.2) is 15.0 Å². The number of hydrogen-bond acceptors (Lipinski definition) is 3. The molecule has 0 fully saturated rings. The van der Waals surface area contributed by atoms with E-state index in [9.17, 15) is 0 Å². The molecule has 2 heterocycles. The molecule has 2 aromatic heterocycles. The zero-order chi connectivity index (χ0) is 43.8. The van der Waals surface area contributed by atoms with E-state index in [-0.39, 0.29) is 0 Å². The predicted octanol–water partition coefficient (Wildman–Crippen LogP) is 15.3. The summed E-state index contributed by atoms with van der Waals surface area (Å²) in [7, 11) is 0. The fourth-order valence-electron chi connectivity index (χ4n) is 9.15. The molecule has 10 aromatic carbocycles. The van der Waals surface area contributed by atoms with Crippen molar-refractivity contribution in [3.05, 3.63) is 249 Å². The molecule has 12 rings (SSSR count). The Bertz CT molecular complexity index is 3600. The SMILES string of the molecule is c1ccc(-c2ccc(-c3nc(-c4ccc(-c5ccccc5)cc4)nc(-c4cccc(-c5ccc(-c6ccc(-[n+]7cc8c9ccccc9ccc8c8ccccc87)cc6)cc5)c4)n3)cc2)cc1. The lowest BCUT2D eigenvalue weighted by Crippen LogP contribution is -2.31. The van der Waals surface area contributed by atoms with E-state index >= 15 is 0 Å². The van der Waals surface area contributed by atoms with Crippen molar-refractivity contribution in [3.8, 4) is 84.4 Å². The van der Waals surface area contributed by atoms with E-state index in [0.29, 0.717) is 17.5 Å². The molecular weight excluding hydrogens is 801 g/mol. The molecule has 0 N–H and O–H groups in total. The smallest absolute Gasteiger partial charge is 0.208 e. The Hall–Kier alpha value is -8.86. The lowest BCUT2D eigenvalue weighted by atomic mass is 9.98. The van der Waals surface area contributed by atoms with Crippen molar-refractivity contribution in [1.82, 2.24) is 15.0 Å². The predicted molar refractivity (Wildman–Crippen MR) is 272 cm³/mol. The number of benzene rings is 10. The third kappa shape index (κ3) is 7.36. The van der Waals surface area contributed by atoms with Crippen LogP contribution in [0.5, 0.6) is 0 Å². The second kappa shape index (κ2) is 16.7. The summed E-state index contributed by atoms with van der Waals surface area (Å²) >= 11 is 0. The van der Waals surface area contributed by atoms with Gasteiger partial charge in [-0.05, 0) is 79.5 Å². The van der Waals surface area contributed by atoms with E-state index in [2.05, 4.69) is 241 Å². The first-order valence-electron chi connectivity index (χ1n) is 22.3. The molecule has 12 aromatic rings. The summed E-state index contributed by atoms with van der Waals surface area (Å²) in [6, 6.07) is 85.8. The van der Waals surface area contributed by atoms with Crippen molar-refractivity contribution in [3.63, 3.8) is 0 Å². The van der Waals surface area contributed by atoms with E-state index in [1.54, 1.807) is 0 Å². The second-order valence-corrected chi connectivity index (χ2v) is 16.7. The number of hydrogen-bond donors (Lipinski definition) is 0. The minimum absolute atomic E-state index is 0.623. The summed E-state index contributed by atoms with van der Waals surface area (Å²) < 4.78 is 2.33. The molecule has 0 aliphatic heterocycles. The quantitative estimate of drug-likeness (QED) is 0.113. The van der Waals surface area contributed by atoms with Gasteiger partial charge in [-0.1, -0.05) is 200 Å². The van der Waals surface area contributed by atoms with E-state index in [1.807, 2.05) is 12.1 Å². The first-order chi connectivity index (χ1) is 32.7. The van der Waals surface area contributed by atoms with Gasteiger partial charge in [0.1, 0.15) is 0 Å². The first-order valence-corrected chi connectivity index (χ1v) is 22.3. The summed E-state index contributed by atoms with van der Waals surface area (Å²) in [6.07, 6.45) is 2.29. The number of para-hydroxylation sites is 1. The molecule has 0 radical (unpaired) electrons. The number of fused-ring (bicyclic) bond motifs is 5. The minimum Gasteiger partial charge on any atom is -0.208 e. The molecule has 0 atom stereocenters. The van der Waals surface area contributed by atoms with Crippen LogP contribution in [0.1, 0.15) is 0 Å². The van der Waals surface area contributed by atoms with Crippen molar-refractivity contribution in [2.24, 2.45) is 0 Å². The van der Waals surface area contributed by atoms with Crippen molar-refractivity contribution >= 4 is 32.4 Å². The second-order valence-electron chi connectivity index (χ2n) is 16.7. The van der Waals surface area contributed by atoms with Gasteiger partial charge < -0.3 is 0 Å². The van der Waals surface area contributed by atoms with Gasteiger partial charge in [0.2, 0.25) is 11.2 Å². The summed E-state index contributed by atoms with van der Waals surface area (Å²) in [5.74, 6) is 1.88. The van der Waals surface area contributed by atoms with Gasteiger partial charge in [-0.3, -0.25) is 0 Å². The van der Waals surface area contributed by atoms with Crippen LogP contribution in [0.4, 0.5) is 0 Å². The Kier molecular flexibility index (Phi) is 9.81. The highest BCUT2D eigenvalue weighted by Gasteiger charge is 2.18. The molecule has 66 heavy (non-hydrogen) atoms. The van der Waals surface area contributed by atoms with Crippen LogP contribution in [-0.2, 0) is 0 Å². The summed E-state index contributed by atoms with van der Waals surface area (Å²) in [5, 5.41) is 6.25. The number of rotatable bonds is 8. The fourth-order valence-corrected chi connectivity index (χ4v) is 9.15. The Morgan fingerprint density at radius 3 is 1.23 bits per heavy atom. The molecule has 0 saturated carbocycles. The third-order valence-electron chi connectivity index (χ3n) is 12.6. The lowest BCUT2D eigenvalue weighted by molar-refractivity contribution is -0.565. The van der Waals surface area contributed by atoms with Gasteiger partial charge in [-0.25, -0.2) is 15.0 Å². The standard InChI is InChI=1S/C62H41N4/c1-3-12-42(13-4-1)44-26-30-50(31-27-44)60-63-61(51-32-28-45(29-33-51)43-14-5-2-6-15-43)65-62(64-60)53-18-11-17-52(40-53)48-24-22-46(23-25-48)47-34-37-54(38-35-47)66-41-58-55-19-8-7-16-49(55)36-39-56(58)57-20-9-10-21-59(57)66/h1-41H/q+1. The highest BCUT2D eigenvalue weighted by molar-refractivity contribution is 6.15. The maximum absolute atomic E-state index is 5.11. The molecule has 0 aliphatic carbocycles. The molecule has 0 bridgehead atoms. The number of nitrogens with zero attached hydrogens (tertiary/aromatic N) is 4.